The second kappa shape index (κ2) is 8.54. The molecule has 0 radical (unpaired) electrons. The van der Waals surface area contributed by atoms with Crippen molar-refractivity contribution in [1.82, 2.24) is 9.47 Å². The molecule has 1 aromatic rings. The predicted octanol–water partition coefficient (Wildman–Crippen LogP) is 1.05. The normalized spacial score (nSPS) is 28.9. The number of rotatable bonds is 5. The van der Waals surface area contributed by atoms with Gasteiger partial charge >= 0.3 is 0 Å². The molecule has 0 saturated carbocycles. The molecule has 3 aliphatic rings. The molecule has 148 valence electrons. The van der Waals surface area contributed by atoms with Crippen LogP contribution in [0.1, 0.15) is 25.7 Å². The van der Waals surface area contributed by atoms with Gasteiger partial charge in [-0.25, -0.2) is 0 Å². The van der Waals surface area contributed by atoms with E-state index >= 15 is 0 Å². The van der Waals surface area contributed by atoms with E-state index < -0.39 is 0 Å². The van der Waals surface area contributed by atoms with Gasteiger partial charge in [0.1, 0.15) is 18.8 Å². The van der Waals surface area contributed by atoms with Crippen LogP contribution in [0.3, 0.4) is 0 Å². The van der Waals surface area contributed by atoms with Crippen LogP contribution < -0.4 is 5.56 Å². The predicted molar refractivity (Wildman–Crippen MR) is 98.5 cm³/mol. The maximum atomic E-state index is 12.9. The molecule has 4 rings (SSSR count). The van der Waals surface area contributed by atoms with Crippen molar-refractivity contribution in [3.05, 3.63) is 34.7 Å². The average Bonchev–Trinajstić information content (AvgIpc) is 3.08. The summed E-state index contributed by atoms with van der Waals surface area (Å²) in [4.78, 5) is 26.7. The van der Waals surface area contributed by atoms with Crippen LogP contribution in [0.25, 0.3) is 0 Å². The zero-order chi connectivity index (χ0) is 18.6. The first-order chi connectivity index (χ1) is 13.2. The minimum absolute atomic E-state index is 0.0408. The van der Waals surface area contributed by atoms with Crippen LogP contribution in [0.4, 0.5) is 0 Å². The third kappa shape index (κ3) is 4.25. The lowest BCUT2D eigenvalue weighted by Crippen LogP contribution is -2.45. The lowest BCUT2D eigenvalue weighted by Gasteiger charge is -2.32. The average molecular weight is 376 g/mol. The zero-order valence-corrected chi connectivity index (χ0v) is 15.6. The van der Waals surface area contributed by atoms with Gasteiger partial charge in [0.05, 0.1) is 12.6 Å². The quantitative estimate of drug-likeness (QED) is 0.768. The van der Waals surface area contributed by atoms with Crippen molar-refractivity contribution in [3.8, 4) is 0 Å². The van der Waals surface area contributed by atoms with Crippen molar-refractivity contribution in [3.63, 3.8) is 0 Å². The molecule has 1 amide bonds. The minimum Gasteiger partial charge on any atom is -0.381 e. The molecule has 3 aliphatic heterocycles. The summed E-state index contributed by atoms with van der Waals surface area (Å²) in [5.74, 6) is 0.481. The molecule has 0 aromatic carbocycles. The van der Waals surface area contributed by atoms with Crippen LogP contribution in [0.2, 0.25) is 0 Å². The zero-order valence-electron chi connectivity index (χ0n) is 15.6. The number of amides is 1. The Morgan fingerprint density at radius 1 is 1.19 bits per heavy atom. The minimum atomic E-state index is -0.159. The summed E-state index contributed by atoms with van der Waals surface area (Å²) in [6.07, 6.45) is 5.44. The molecule has 0 spiro atoms. The summed E-state index contributed by atoms with van der Waals surface area (Å²) in [6, 6.07) is 4.98. The smallest absolute Gasteiger partial charge is 0.250 e. The summed E-state index contributed by atoms with van der Waals surface area (Å²) in [5.41, 5.74) is -0.159. The van der Waals surface area contributed by atoms with E-state index in [0.29, 0.717) is 19.1 Å². The highest BCUT2D eigenvalue weighted by molar-refractivity contribution is 5.77. The first-order valence-electron chi connectivity index (χ1n) is 9.98. The number of carbonyl (C=O) groups is 1. The summed E-state index contributed by atoms with van der Waals surface area (Å²) in [7, 11) is 0. The fourth-order valence-corrected chi connectivity index (χ4v) is 4.34. The van der Waals surface area contributed by atoms with E-state index in [9.17, 15) is 9.59 Å². The lowest BCUT2D eigenvalue weighted by molar-refractivity contribution is -0.135. The van der Waals surface area contributed by atoms with E-state index in [1.807, 2.05) is 4.90 Å². The second-order valence-electron chi connectivity index (χ2n) is 7.69. The Hall–Kier alpha value is -1.70. The van der Waals surface area contributed by atoms with Crippen molar-refractivity contribution >= 4 is 5.91 Å². The molecule has 0 aliphatic carbocycles. The molecule has 27 heavy (non-hydrogen) atoms. The van der Waals surface area contributed by atoms with Crippen LogP contribution in [-0.4, -0.2) is 66.6 Å². The molecule has 1 aromatic heterocycles. The second-order valence-corrected chi connectivity index (χ2v) is 7.69. The van der Waals surface area contributed by atoms with E-state index in [1.54, 1.807) is 18.3 Å². The van der Waals surface area contributed by atoms with Gasteiger partial charge in [-0.05, 0) is 37.7 Å². The van der Waals surface area contributed by atoms with E-state index in [2.05, 4.69) is 0 Å². The number of ether oxygens (including phenoxy) is 3. The first kappa shape index (κ1) is 18.7. The summed E-state index contributed by atoms with van der Waals surface area (Å²) >= 11 is 0. The van der Waals surface area contributed by atoms with Gasteiger partial charge in [0.2, 0.25) is 5.91 Å². The lowest BCUT2D eigenvalue weighted by atomic mass is 10.0. The monoisotopic (exact) mass is 376 g/mol. The Labute approximate surface area is 159 Å². The number of nitrogens with zero attached hydrogens (tertiary/aromatic N) is 2. The molecule has 3 fully saturated rings. The van der Waals surface area contributed by atoms with Gasteiger partial charge in [-0.1, -0.05) is 6.07 Å². The largest absolute Gasteiger partial charge is 0.381 e. The Morgan fingerprint density at radius 3 is 2.85 bits per heavy atom. The van der Waals surface area contributed by atoms with Gasteiger partial charge in [-0.2, -0.15) is 0 Å². The Balaban J connectivity index is 1.40. The SMILES string of the molecule is O=C(Cn1ccccc1=O)N1C[C@H](OCC2CCOCC2)[C@H]2OCCC[C@H]21. The molecule has 0 unspecified atom stereocenters. The maximum absolute atomic E-state index is 12.9. The van der Waals surface area contributed by atoms with Crippen molar-refractivity contribution in [2.24, 2.45) is 5.92 Å². The van der Waals surface area contributed by atoms with Crippen molar-refractivity contribution in [2.75, 3.05) is 33.0 Å². The molecule has 7 nitrogen and oxygen atoms in total. The van der Waals surface area contributed by atoms with Crippen molar-refractivity contribution < 1.29 is 19.0 Å². The van der Waals surface area contributed by atoms with Crippen molar-refractivity contribution in [2.45, 2.75) is 50.5 Å². The fourth-order valence-electron chi connectivity index (χ4n) is 4.34. The third-order valence-electron chi connectivity index (χ3n) is 5.89. The van der Waals surface area contributed by atoms with Gasteiger partial charge in [0.25, 0.3) is 5.56 Å². The molecule has 0 bridgehead atoms. The van der Waals surface area contributed by atoms with Crippen LogP contribution in [0.5, 0.6) is 0 Å². The summed E-state index contributed by atoms with van der Waals surface area (Å²) in [6.45, 7) is 3.63. The molecular formula is C20H28N2O5. The fraction of sp³-hybridized carbons (Fsp3) is 0.700. The Morgan fingerprint density at radius 2 is 2.04 bits per heavy atom. The van der Waals surface area contributed by atoms with Crippen LogP contribution in [-0.2, 0) is 25.5 Å². The van der Waals surface area contributed by atoms with Gasteiger partial charge < -0.3 is 23.7 Å². The molecule has 3 saturated heterocycles. The molecule has 4 heterocycles. The molecule has 3 atom stereocenters. The summed E-state index contributed by atoms with van der Waals surface area (Å²) in [5, 5.41) is 0. The molecular weight excluding hydrogens is 348 g/mol. The van der Waals surface area contributed by atoms with Crippen LogP contribution >= 0.6 is 0 Å². The van der Waals surface area contributed by atoms with Gasteiger partial charge in [-0.15, -0.1) is 0 Å². The number of carbonyl (C=O) groups excluding carboxylic acids is 1. The highest BCUT2D eigenvalue weighted by atomic mass is 16.5. The number of hydrogen-bond donors (Lipinski definition) is 0. The van der Waals surface area contributed by atoms with E-state index in [4.69, 9.17) is 14.2 Å². The molecule has 7 heteroatoms. The highest BCUT2D eigenvalue weighted by Crippen LogP contribution is 2.31. The highest BCUT2D eigenvalue weighted by Gasteiger charge is 2.46. The summed E-state index contributed by atoms with van der Waals surface area (Å²) < 4.78 is 19.1. The number of aromatic nitrogens is 1. The standard InChI is InChI=1S/C20H28N2O5/c23-18-5-1-2-8-21(18)13-19(24)22-12-17(20-16(22)4-3-9-26-20)27-14-15-6-10-25-11-7-15/h1-2,5,8,15-17,20H,3-4,6-7,9-14H2/t16-,17+,20+/m1/s1. The topological polar surface area (TPSA) is 70.0 Å². The number of fused-ring (bicyclic) bond motifs is 1. The first-order valence-corrected chi connectivity index (χ1v) is 9.98. The van der Waals surface area contributed by atoms with E-state index in [0.717, 1.165) is 45.5 Å². The Bertz CT molecular complexity index is 700. The van der Waals surface area contributed by atoms with Gasteiger partial charge in [0.15, 0.2) is 0 Å². The van der Waals surface area contributed by atoms with Gasteiger partial charge in [-0.3, -0.25) is 9.59 Å². The third-order valence-corrected chi connectivity index (χ3v) is 5.89. The van der Waals surface area contributed by atoms with E-state index in [-0.39, 0.29) is 36.3 Å². The Kier molecular flexibility index (Phi) is 5.90. The van der Waals surface area contributed by atoms with Crippen LogP contribution in [0.15, 0.2) is 29.2 Å². The van der Waals surface area contributed by atoms with Crippen molar-refractivity contribution in [1.29, 1.82) is 0 Å². The maximum Gasteiger partial charge on any atom is 0.250 e. The number of likely N-dealkylation sites (tertiary alicyclic amines) is 1. The number of hydrogen-bond acceptors (Lipinski definition) is 5. The number of pyridine rings is 1. The van der Waals surface area contributed by atoms with Gasteiger partial charge in [0, 0.05) is 38.6 Å². The molecule has 0 N–H and O–H groups in total. The van der Waals surface area contributed by atoms with Crippen LogP contribution in [0, 0.1) is 5.92 Å². The van der Waals surface area contributed by atoms with E-state index in [1.165, 1.54) is 10.6 Å².